The lowest BCUT2D eigenvalue weighted by Crippen LogP contribution is -2.42. The Morgan fingerprint density at radius 2 is 1.91 bits per heavy atom. The van der Waals surface area contributed by atoms with E-state index in [1.807, 2.05) is 23.1 Å². The third kappa shape index (κ3) is 6.60. The predicted octanol–water partition coefficient (Wildman–Crippen LogP) is 5.34. The van der Waals surface area contributed by atoms with Gasteiger partial charge in [-0.25, -0.2) is 0 Å². The number of hydrogen-bond donors (Lipinski definition) is 2. The second kappa shape index (κ2) is 13.0. The van der Waals surface area contributed by atoms with Gasteiger partial charge < -0.3 is 30.0 Å². The fourth-order valence-electron chi connectivity index (χ4n) is 6.45. The van der Waals surface area contributed by atoms with Crippen molar-refractivity contribution in [3.05, 3.63) is 84.1 Å². The minimum absolute atomic E-state index is 0.0313. The Morgan fingerprint density at radius 1 is 1.09 bits per heavy atom. The van der Waals surface area contributed by atoms with Crippen molar-refractivity contribution in [3.63, 3.8) is 0 Å². The molecule has 1 saturated heterocycles. The highest BCUT2D eigenvalue weighted by atomic mass is 16.5. The molecule has 3 N–H and O–H groups in total. The number of nitrogens with zero attached hydrogens (tertiary/aromatic N) is 2. The molecule has 8 nitrogen and oxygen atoms in total. The third-order valence-electron chi connectivity index (χ3n) is 8.60. The second-order valence-electron chi connectivity index (χ2n) is 11.7. The van der Waals surface area contributed by atoms with E-state index in [0.29, 0.717) is 30.2 Å². The summed E-state index contributed by atoms with van der Waals surface area (Å²) in [7, 11) is 1.74. The maximum atomic E-state index is 13.4. The zero-order chi connectivity index (χ0) is 29.8. The van der Waals surface area contributed by atoms with Crippen LogP contribution in [0.3, 0.4) is 0 Å². The van der Waals surface area contributed by atoms with Crippen LogP contribution in [0.1, 0.15) is 42.9 Å². The summed E-state index contributed by atoms with van der Waals surface area (Å²) < 4.78 is 13.3. The molecule has 43 heavy (non-hydrogen) atoms. The van der Waals surface area contributed by atoms with Crippen LogP contribution in [0.5, 0.6) is 5.75 Å². The first-order valence-corrected chi connectivity index (χ1v) is 15.2. The number of anilines is 1. The largest absolute Gasteiger partial charge is 0.482 e. The first-order chi connectivity index (χ1) is 21.0. The van der Waals surface area contributed by atoms with Gasteiger partial charge in [-0.3, -0.25) is 9.59 Å². The molecule has 6 rings (SSSR count). The summed E-state index contributed by atoms with van der Waals surface area (Å²) in [4.78, 5) is 27.0. The van der Waals surface area contributed by atoms with Gasteiger partial charge in [0.25, 0.3) is 5.91 Å². The molecule has 0 saturated carbocycles. The van der Waals surface area contributed by atoms with Crippen molar-refractivity contribution < 1.29 is 19.1 Å². The molecule has 224 valence electrons. The van der Waals surface area contributed by atoms with E-state index in [-0.39, 0.29) is 24.5 Å². The minimum atomic E-state index is -0.250. The van der Waals surface area contributed by atoms with Gasteiger partial charge in [0.1, 0.15) is 5.75 Å². The van der Waals surface area contributed by atoms with E-state index in [1.54, 1.807) is 7.11 Å². The maximum Gasteiger partial charge on any atom is 0.262 e. The van der Waals surface area contributed by atoms with Gasteiger partial charge in [-0.05, 0) is 72.0 Å². The van der Waals surface area contributed by atoms with Crippen molar-refractivity contribution in [2.45, 2.75) is 50.6 Å². The number of rotatable bonds is 10. The fraction of sp³-hybridized carbons (Fsp3) is 0.371. The summed E-state index contributed by atoms with van der Waals surface area (Å²) in [5, 5.41) is 4.07. The summed E-state index contributed by atoms with van der Waals surface area (Å²) in [6.45, 7) is 3.18. The van der Waals surface area contributed by atoms with Gasteiger partial charge >= 0.3 is 0 Å². The average molecular weight is 581 g/mol. The molecule has 0 spiro atoms. The van der Waals surface area contributed by atoms with Crippen molar-refractivity contribution in [2.75, 3.05) is 38.7 Å². The SMILES string of the molecule is COCCCn1c(C2CCCN(C(=O)C[C@H](N)Cc3ccc(-c4ccc5c(c4)OCC(=O)N5)cc3)C2)cc2ccccc21. The van der Waals surface area contributed by atoms with Gasteiger partial charge in [-0.15, -0.1) is 0 Å². The van der Waals surface area contributed by atoms with Crippen LogP contribution >= 0.6 is 0 Å². The van der Waals surface area contributed by atoms with E-state index in [2.05, 4.69) is 64.5 Å². The Morgan fingerprint density at radius 3 is 2.74 bits per heavy atom. The van der Waals surface area contributed by atoms with Crippen molar-refractivity contribution in [1.82, 2.24) is 9.47 Å². The normalized spacial score (nSPS) is 17.3. The van der Waals surface area contributed by atoms with E-state index in [0.717, 1.165) is 62.2 Å². The highest BCUT2D eigenvalue weighted by Crippen LogP contribution is 2.34. The first kappa shape index (κ1) is 29.0. The number of carbonyl (C=O) groups is 2. The van der Waals surface area contributed by atoms with Crippen LogP contribution in [0.2, 0.25) is 0 Å². The summed E-state index contributed by atoms with van der Waals surface area (Å²) >= 11 is 0. The zero-order valence-corrected chi connectivity index (χ0v) is 24.8. The van der Waals surface area contributed by atoms with E-state index in [1.165, 1.54) is 16.6 Å². The molecule has 2 atom stereocenters. The van der Waals surface area contributed by atoms with Gasteiger partial charge in [0, 0.05) is 62.9 Å². The van der Waals surface area contributed by atoms with Crippen LogP contribution in [0.25, 0.3) is 22.0 Å². The number of carbonyl (C=O) groups excluding carboxylic acids is 2. The van der Waals surface area contributed by atoms with Crippen molar-refractivity contribution in [1.29, 1.82) is 0 Å². The van der Waals surface area contributed by atoms with Gasteiger partial charge in [0.2, 0.25) is 5.91 Å². The fourth-order valence-corrected chi connectivity index (χ4v) is 6.45. The molecule has 3 heterocycles. The number of ether oxygens (including phenoxy) is 2. The van der Waals surface area contributed by atoms with Gasteiger partial charge in [0.15, 0.2) is 6.61 Å². The zero-order valence-electron chi connectivity index (χ0n) is 24.8. The lowest BCUT2D eigenvalue weighted by Gasteiger charge is -2.34. The van der Waals surface area contributed by atoms with Crippen LogP contribution in [0.15, 0.2) is 72.8 Å². The number of piperidine rings is 1. The molecule has 3 aromatic carbocycles. The number of methoxy groups -OCH3 is 1. The Labute approximate surface area is 252 Å². The number of nitrogens with one attached hydrogen (secondary N) is 1. The Hall–Kier alpha value is -4.14. The Bertz CT molecular complexity index is 1600. The quantitative estimate of drug-likeness (QED) is 0.247. The molecular formula is C35H40N4O4. The number of amides is 2. The summed E-state index contributed by atoms with van der Waals surface area (Å²) in [6.07, 6.45) is 3.99. The minimum Gasteiger partial charge on any atom is -0.482 e. The number of aromatic nitrogens is 1. The molecule has 1 fully saturated rings. The highest BCUT2D eigenvalue weighted by Gasteiger charge is 2.28. The summed E-state index contributed by atoms with van der Waals surface area (Å²) in [5.41, 5.74) is 12.9. The lowest BCUT2D eigenvalue weighted by molar-refractivity contribution is -0.132. The number of para-hydroxylation sites is 1. The molecule has 1 unspecified atom stereocenters. The number of fused-ring (bicyclic) bond motifs is 2. The molecule has 1 aromatic heterocycles. The standard InChI is InChI=1S/C35H40N4O4/c1-42-17-5-16-39-31-8-3-2-6-27(31)19-32(39)28-7-4-15-38(22-28)35(41)21-29(36)18-24-9-11-25(12-10-24)26-13-14-30-33(20-26)43-23-34(40)37-30/h2-3,6,8-14,19-20,28-29H,4-5,7,15-18,21-23,36H2,1H3,(H,37,40)/t28?,29-/m1/s1. The number of likely N-dealkylation sites (tertiary alicyclic amines) is 1. The molecule has 2 aliphatic rings. The van der Waals surface area contributed by atoms with Crippen LogP contribution < -0.4 is 15.8 Å². The highest BCUT2D eigenvalue weighted by molar-refractivity contribution is 5.96. The van der Waals surface area contributed by atoms with Crippen molar-refractivity contribution in [2.24, 2.45) is 5.73 Å². The van der Waals surface area contributed by atoms with Crippen LogP contribution in [0.4, 0.5) is 5.69 Å². The number of nitrogens with two attached hydrogens (primary N) is 1. The van der Waals surface area contributed by atoms with Crippen molar-refractivity contribution >= 4 is 28.4 Å². The van der Waals surface area contributed by atoms with Gasteiger partial charge in [-0.2, -0.15) is 0 Å². The molecular weight excluding hydrogens is 540 g/mol. The van der Waals surface area contributed by atoms with E-state index in [9.17, 15) is 9.59 Å². The first-order valence-electron chi connectivity index (χ1n) is 15.2. The van der Waals surface area contributed by atoms with Crippen LogP contribution in [-0.2, 0) is 27.3 Å². The van der Waals surface area contributed by atoms with Gasteiger partial charge in [-0.1, -0.05) is 48.5 Å². The molecule has 0 bridgehead atoms. The molecule has 2 amide bonds. The molecule has 2 aliphatic heterocycles. The smallest absolute Gasteiger partial charge is 0.262 e. The Balaban J connectivity index is 1.07. The lowest BCUT2D eigenvalue weighted by atomic mass is 9.93. The average Bonchev–Trinajstić information content (AvgIpc) is 3.40. The summed E-state index contributed by atoms with van der Waals surface area (Å²) in [5.74, 6) is 0.977. The molecule has 8 heteroatoms. The number of benzene rings is 3. The van der Waals surface area contributed by atoms with E-state index in [4.69, 9.17) is 15.2 Å². The second-order valence-corrected chi connectivity index (χ2v) is 11.7. The predicted molar refractivity (Wildman–Crippen MR) is 169 cm³/mol. The molecule has 4 aromatic rings. The monoisotopic (exact) mass is 580 g/mol. The Kier molecular flexibility index (Phi) is 8.77. The van der Waals surface area contributed by atoms with E-state index >= 15 is 0 Å². The number of aryl methyl sites for hydroxylation is 1. The number of hydrogen-bond acceptors (Lipinski definition) is 5. The summed E-state index contributed by atoms with van der Waals surface area (Å²) in [6, 6.07) is 24.6. The van der Waals surface area contributed by atoms with Crippen molar-refractivity contribution in [3.8, 4) is 16.9 Å². The maximum absolute atomic E-state index is 13.4. The van der Waals surface area contributed by atoms with Crippen LogP contribution in [-0.4, -0.2) is 60.7 Å². The molecule has 0 radical (unpaired) electrons. The topological polar surface area (TPSA) is 98.8 Å². The third-order valence-corrected chi connectivity index (χ3v) is 8.60. The van der Waals surface area contributed by atoms with Crippen LogP contribution in [0, 0.1) is 0 Å². The van der Waals surface area contributed by atoms with Gasteiger partial charge in [0.05, 0.1) is 5.69 Å². The van der Waals surface area contributed by atoms with E-state index < -0.39 is 0 Å². The molecule has 0 aliphatic carbocycles.